The summed E-state index contributed by atoms with van der Waals surface area (Å²) < 4.78 is 5.17. The Hall–Kier alpha value is -2.03. The number of nitrogens with zero attached hydrogens (tertiary/aromatic N) is 1. The van der Waals surface area contributed by atoms with E-state index in [4.69, 9.17) is 4.74 Å². The molecule has 0 saturated heterocycles. The van der Waals surface area contributed by atoms with Gasteiger partial charge in [0.25, 0.3) is 0 Å². The van der Waals surface area contributed by atoms with E-state index in [0.717, 1.165) is 5.56 Å². The third kappa shape index (κ3) is 2.73. The summed E-state index contributed by atoms with van der Waals surface area (Å²) in [5.74, 6) is 0. The molecule has 1 aliphatic heterocycles. The second-order valence-electron chi connectivity index (χ2n) is 3.46. The number of rotatable bonds is 2. The number of benzene rings is 1. The highest BCUT2D eigenvalue weighted by molar-refractivity contribution is 5.69. The number of hydrogen-bond acceptors (Lipinski definition) is 2. The molecule has 1 aromatic carbocycles. The SMILES string of the molecule is O=C(OCc1ccccc1)N1C=CC=CC1. The summed E-state index contributed by atoms with van der Waals surface area (Å²) in [6, 6.07) is 9.64. The molecule has 3 nitrogen and oxygen atoms in total. The Morgan fingerprint density at radius 1 is 1.25 bits per heavy atom. The van der Waals surface area contributed by atoms with E-state index >= 15 is 0 Å². The predicted molar refractivity (Wildman–Crippen MR) is 61.6 cm³/mol. The van der Waals surface area contributed by atoms with E-state index in [-0.39, 0.29) is 6.09 Å². The van der Waals surface area contributed by atoms with Crippen LogP contribution >= 0.6 is 0 Å². The summed E-state index contributed by atoms with van der Waals surface area (Å²) in [5.41, 5.74) is 0.993. The molecule has 0 atom stereocenters. The van der Waals surface area contributed by atoms with Crippen LogP contribution < -0.4 is 0 Å². The first kappa shape index (κ1) is 10.5. The average molecular weight is 215 g/mol. The van der Waals surface area contributed by atoms with Crippen LogP contribution in [-0.4, -0.2) is 17.5 Å². The Labute approximate surface area is 94.6 Å². The van der Waals surface area contributed by atoms with Gasteiger partial charge in [-0.05, 0) is 11.6 Å². The standard InChI is InChI=1S/C13H13NO2/c15-13(14-9-5-2-6-10-14)16-11-12-7-3-1-4-8-12/h1-9H,10-11H2. The van der Waals surface area contributed by atoms with Gasteiger partial charge in [0, 0.05) is 12.7 Å². The maximum absolute atomic E-state index is 11.6. The molecular weight excluding hydrogens is 202 g/mol. The highest BCUT2D eigenvalue weighted by Gasteiger charge is 2.11. The minimum Gasteiger partial charge on any atom is -0.444 e. The van der Waals surface area contributed by atoms with Crippen molar-refractivity contribution < 1.29 is 9.53 Å². The Morgan fingerprint density at radius 2 is 2.06 bits per heavy atom. The molecule has 3 heteroatoms. The largest absolute Gasteiger partial charge is 0.444 e. The molecule has 0 N–H and O–H groups in total. The Kier molecular flexibility index (Phi) is 3.38. The van der Waals surface area contributed by atoms with Crippen LogP contribution in [0.4, 0.5) is 4.79 Å². The van der Waals surface area contributed by atoms with Gasteiger partial charge in [-0.2, -0.15) is 0 Å². The quantitative estimate of drug-likeness (QED) is 0.759. The van der Waals surface area contributed by atoms with Gasteiger partial charge < -0.3 is 4.74 Å². The summed E-state index contributed by atoms with van der Waals surface area (Å²) >= 11 is 0. The first-order valence-corrected chi connectivity index (χ1v) is 5.17. The normalized spacial score (nSPS) is 13.9. The number of carbonyl (C=O) groups excluding carboxylic acids is 1. The van der Waals surface area contributed by atoms with Crippen molar-refractivity contribution in [3.8, 4) is 0 Å². The van der Waals surface area contributed by atoms with E-state index in [0.29, 0.717) is 13.2 Å². The fourth-order valence-electron chi connectivity index (χ4n) is 1.41. The highest BCUT2D eigenvalue weighted by Crippen LogP contribution is 2.05. The minimum absolute atomic E-state index is 0.313. The second-order valence-corrected chi connectivity index (χ2v) is 3.46. The molecule has 16 heavy (non-hydrogen) atoms. The molecule has 2 rings (SSSR count). The number of hydrogen-bond donors (Lipinski definition) is 0. The summed E-state index contributed by atoms with van der Waals surface area (Å²) in [4.78, 5) is 13.1. The smallest absolute Gasteiger partial charge is 0.414 e. The Morgan fingerprint density at radius 3 is 2.75 bits per heavy atom. The third-order valence-electron chi connectivity index (χ3n) is 2.25. The van der Waals surface area contributed by atoms with Crippen molar-refractivity contribution >= 4 is 6.09 Å². The van der Waals surface area contributed by atoms with Gasteiger partial charge in [0.2, 0.25) is 0 Å². The van der Waals surface area contributed by atoms with E-state index < -0.39 is 0 Å². The van der Waals surface area contributed by atoms with Crippen molar-refractivity contribution in [2.24, 2.45) is 0 Å². The van der Waals surface area contributed by atoms with E-state index in [9.17, 15) is 4.79 Å². The van der Waals surface area contributed by atoms with E-state index in [1.165, 1.54) is 4.90 Å². The van der Waals surface area contributed by atoms with Gasteiger partial charge in [0.05, 0.1) is 0 Å². The highest BCUT2D eigenvalue weighted by atomic mass is 16.6. The zero-order valence-electron chi connectivity index (χ0n) is 8.87. The number of ether oxygens (including phenoxy) is 1. The van der Waals surface area contributed by atoms with Crippen LogP contribution in [0.2, 0.25) is 0 Å². The number of carbonyl (C=O) groups is 1. The lowest BCUT2D eigenvalue weighted by Crippen LogP contribution is -2.27. The van der Waals surface area contributed by atoms with Crippen molar-refractivity contribution in [3.63, 3.8) is 0 Å². The number of allylic oxidation sites excluding steroid dienone is 2. The summed E-state index contributed by atoms with van der Waals surface area (Å²) in [6.45, 7) is 0.887. The fourth-order valence-corrected chi connectivity index (χ4v) is 1.41. The molecule has 1 heterocycles. The molecule has 1 aliphatic rings. The third-order valence-corrected chi connectivity index (χ3v) is 2.25. The van der Waals surface area contributed by atoms with E-state index in [2.05, 4.69) is 0 Å². The molecule has 1 aromatic rings. The molecule has 0 radical (unpaired) electrons. The van der Waals surface area contributed by atoms with Crippen LogP contribution in [0.25, 0.3) is 0 Å². The molecule has 0 unspecified atom stereocenters. The van der Waals surface area contributed by atoms with E-state index in [1.807, 2.05) is 48.6 Å². The maximum atomic E-state index is 11.6. The van der Waals surface area contributed by atoms with Crippen molar-refractivity contribution in [1.29, 1.82) is 0 Å². The van der Waals surface area contributed by atoms with E-state index in [1.54, 1.807) is 6.20 Å². The molecule has 0 bridgehead atoms. The van der Waals surface area contributed by atoms with Crippen LogP contribution in [0, 0.1) is 0 Å². The lowest BCUT2D eigenvalue weighted by Gasteiger charge is -2.17. The monoisotopic (exact) mass is 215 g/mol. The Balaban J connectivity index is 1.84. The van der Waals surface area contributed by atoms with Crippen LogP contribution in [-0.2, 0) is 11.3 Å². The second kappa shape index (κ2) is 5.16. The molecular formula is C13H13NO2. The average Bonchev–Trinajstić information content (AvgIpc) is 2.38. The summed E-state index contributed by atoms with van der Waals surface area (Å²) in [5, 5.41) is 0. The molecule has 0 fully saturated rings. The molecule has 0 spiro atoms. The number of amides is 1. The van der Waals surface area contributed by atoms with Crippen LogP contribution in [0.5, 0.6) is 0 Å². The van der Waals surface area contributed by atoms with Crippen LogP contribution in [0.15, 0.2) is 54.8 Å². The van der Waals surface area contributed by atoms with Crippen molar-refractivity contribution in [2.75, 3.05) is 6.54 Å². The molecule has 0 aliphatic carbocycles. The molecule has 82 valence electrons. The van der Waals surface area contributed by atoms with Gasteiger partial charge in [0.15, 0.2) is 0 Å². The van der Waals surface area contributed by atoms with Gasteiger partial charge >= 0.3 is 6.09 Å². The van der Waals surface area contributed by atoms with Gasteiger partial charge in [-0.1, -0.05) is 42.5 Å². The first-order chi connectivity index (χ1) is 7.86. The minimum atomic E-state index is -0.315. The van der Waals surface area contributed by atoms with Gasteiger partial charge in [-0.15, -0.1) is 0 Å². The molecule has 0 aromatic heterocycles. The lowest BCUT2D eigenvalue weighted by atomic mass is 10.2. The first-order valence-electron chi connectivity index (χ1n) is 5.17. The van der Waals surface area contributed by atoms with Gasteiger partial charge in [0.1, 0.15) is 6.61 Å². The summed E-state index contributed by atoms with van der Waals surface area (Å²) in [6.07, 6.45) is 7.02. The van der Waals surface area contributed by atoms with Crippen LogP contribution in [0.1, 0.15) is 5.56 Å². The predicted octanol–water partition coefficient (Wildman–Crippen LogP) is 2.71. The van der Waals surface area contributed by atoms with Crippen molar-refractivity contribution in [3.05, 3.63) is 60.3 Å². The van der Waals surface area contributed by atoms with Gasteiger partial charge in [-0.25, -0.2) is 4.79 Å². The zero-order valence-corrected chi connectivity index (χ0v) is 8.87. The fraction of sp³-hybridized carbons (Fsp3) is 0.154. The van der Waals surface area contributed by atoms with Crippen molar-refractivity contribution in [1.82, 2.24) is 4.90 Å². The van der Waals surface area contributed by atoms with Gasteiger partial charge in [-0.3, -0.25) is 4.90 Å². The lowest BCUT2D eigenvalue weighted by molar-refractivity contribution is 0.113. The Bertz CT molecular complexity index is 409. The van der Waals surface area contributed by atoms with Crippen LogP contribution in [0.3, 0.4) is 0 Å². The zero-order chi connectivity index (χ0) is 11.2. The summed E-state index contributed by atoms with van der Waals surface area (Å²) in [7, 11) is 0. The van der Waals surface area contributed by atoms with Crippen molar-refractivity contribution in [2.45, 2.75) is 6.61 Å². The topological polar surface area (TPSA) is 29.5 Å². The maximum Gasteiger partial charge on any atom is 0.414 e. The molecule has 0 saturated carbocycles. The molecule has 1 amide bonds.